The molecule has 3 heterocycles. The Balaban J connectivity index is 1.63. The van der Waals surface area contributed by atoms with Gasteiger partial charge >= 0.3 is 0 Å². The van der Waals surface area contributed by atoms with Gasteiger partial charge in [0, 0.05) is 31.5 Å². The number of nitrogens with one attached hydrogen (secondary N) is 1. The minimum absolute atomic E-state index is 0.602. The van der Waals surface area contributed by atoms with Crippen LogP contribution in [0.15, 0.2) is 18.5 Å². The van der Waals surface area contributed by atoms with E-state index in [1.165, 1.54) is 26.1 Å². The molecule has 4 rings (SSSR count). The van der Waals surface area contributed by atoms with Crippen LogP contribution in [0.2, 0.25) is 0 Å². The lowest BCUT2D eigenvalue weighted by Gasteiger charge is -2.53. The third-order valence-corrected chi connectivity index (χ3v) is 3.92. The Kier molecular flexibility index (Phi) is 2.52. The van der Waals surface area contributed by atoms with Crippen molar-refractivity contribution in [2.45, 2.75) is 19.4 Å². The van der Waals surface area contributed by atoms with Crippen LogP contribution in [-0.4, -0.2) is 40.5 Å². The molecular weight excluding hydrogens is 200 g/mol. The highest BCUT2D eigenvalue weighted by Gasteiger charge is 2.46. The van der Waals surface area contributed by atoms with Crippen molar-refractivity contribution in [1.82, 2.24) is 14.9 Å². The molecule has 86 valence electrons. The fourth-order valence-electron chi connectivity index (χ4n) is 3.00. The Hall–Kier alpha value is -1.16. The van der Waals surface area contributed by atoms with E-state index in [1.54, 1.807) is 12.4 Å². The van der Waals surface area contributed by atoms with Crippen molar-refractivity contribution in [2.75, 3.05) is 25.0 Å². The Labute approximate surface area is 96.1 Å². The number of fused-ring (bicyclic) bond motifs is 2. The second-order valence-corrected chi connectivity index (χ2v) is 4.85. The molecule has 4 heteroatoms. The lowest BCUT2D eigenvalue weighted by molar-refractivity contribution is 0.0147. The molecule has 0 radical (unpaired) electrons. The lowest BCUT2D eigenvalue weighted by Crippen LogP contribution is -2.61. The fraction of sp³-hybridized carbons (Fsp3) is 0.667. The number of nitrogens with zero attached hydrogens (tertiary/aromatic N) is 3. The van der Waals surface area contributed by atoms with Crippen molar-refractivity contribution in [1.29, 1.82) is 0 Å². The van der Waals surface area contributed by atoms with Gasteiger partial charge in [0.1, 0.15) is 0 Å². The van der Waals surface area contributed by atoms with Crippen molar-refractivity contribution in [3.63, 3.8) is 0 Å². The van der Waals surface area contributed by atoms with Gasteiger partial charge in [0.05, 0.1) is 0 Å². The molecule has 2 bridgehead atoms. The Morgan fingerprint density at radius 1 is 1.31 bits per heavy atom. The van der Waals surface area contributed by atoms with Crippen LogP contribution in [-0.2, 0) is 0 Å². The SMILES string of the molecule is CCN1CC2CC(C1)C2Nc1ncccn1. The monoisotopic (exact) mass is 218 g/mol. The average Bonchev–Trinajstić information content (AvgIpc) is 2.37. The molecule has 16 heavy (non-hydrogen) atoms. The Morgan fingerprint density at radius 2 is 2.00 bits per heavy atom. The number of piperidine rings is 2. The molecule has 4 nitrogen and oxygen atoms in total. The first-order valence-corrected chi connectivity index (χ1v) is 6.12. The van der Waals surface area contributed by atoms with Crippen molar-refractivity contribution in [2.24, 2.45) is 11.8 Å². The van der Waals surface area contributed by atoms with Crippen molar-refractivity contribution < 1.29 is 0 Å². The first-order chi connectivity index (χ1) is 7.86. The van der Waals surface area contributed by atoms with Gasteiger partial charge in [-0.2, -0.15) is 0 Å². The van der Waals surface area contributed by atoms with Crippen LogP contribution in [0, 0.1) is 11.8 Å². The first kappa shape index (κ1) is 10.0. The first-order valence-electron chi connectivity index (χ1n) is 6.12. The van der Waals surface area contributed by atoms with Crippen molar-refractivity contribution >= 4 is 5.95 Å². The molecule has 0 aromatic carbocycles. The Morgan fingerprint density at radius 3 is 2.62 bits per heavy atom. The molecule has 1 aromatic heterocycles. The van der Waals surface area contributed by atoms with E-state index in [0.29, 0.717) is 6.04 Å². The standard InChI is InChI=1S/C12H18N4/c1-2-16-7-9-6-10(8-16)11(9)15-12-13-4-3-5-14-12/h3-5,9-11H,2,6-8H2,1H3,(H,13,14,15). The molecule has 2 aliphatic heterocycles. The summed E-state index contributed by atoms with van der Waals surface area (Å²) in [5.41, 5.74) is 0. The van der Waals surface area contributed by atoms with Gasteiger partial charge in [-0.1, -0.05) is 6.92 Å². The van der Waals surface area contributed by atoms with Crippen LogP contribution in [0.4, 0.5) is 5.95 Å². The predicted molar refractivity (Wildman–Crippen MR) is 63.2 cm³/mol. The second-order valence-electron chi connectivity index (χ2n) is 4.85. The third kappa shape index (κ3) is 1.67. The molecule has 1 aliphatic carbocycles. The molecule has 1 aromatic rings. The second kappa shape index (κ2) is 4.01. The normalized spacial score (nSPS) is 33.2. The highest BCUT2D eigenvalue weighted by molar-refractivity contribution is 5.28. The van der Waals surface area contributed by atoms with Crippen LogP contribution in [0.3, 0.4) is 0 Å². The van der Waals surface area contributed by atoms with Gasteiger partial charge in [0.25, 0.3) is 0 Å². The van der Waals surface area contributed by atoms with E-state index in [-0.39, 0.29) is 0 Å². The average molecular weight is 218 g/mol. The van der Waals surface area contributed by atoms with Crippen LogP contribution in [0.1, 0.15) is 13.3 Å². The summed E-state index contributed by atoms with van der Waals surface area (Å²) in [6.07, 6.45) is 4.96. The summed E-state index contributed by atoms with van der Waals surface area (Å²) in [4.78, 5) is 11.0. The molecule has 0 spiro atoms. The van der Waals surface area contributed by atoms with Crippen molar-refractivity contribution in [3.05, 3.63) is 18.5 Å². The zero-order valence-electron chi connectivity index (χ0n) is 9.63. The number of aromatic nitrogens is 2. The zero-order valence-corrected chi connectivity index (χ0v) is 9.63. The summed E-state index contributed by atoms with van der Waals surface area (Å²) in [5, 5.41) is 3.48. The topological polar surface area (TPSA) is 41.0 Å². The summed E-state index contributed by atoms with van der Waals surface area (Å²) < 4.78 is 0. The summed E-state index contributed by atoms with van der Waals surface area (Å²) in [5.74, 6) is 2.37. The van der Waals surface area contributed by atoms with E-state index in [0.717, 1.165) is 17.8 Å². The molecule has 0 amide bonds. The molecular formula is C12H18N4. The quantitative estimate of drug-likeness (QED) is 0.828. The maximum Gasteiger partial charge on any atom is 0.222 e. The predicted octanol–water partition coefficient (Wildman–Crippen LogP) is 1.23. The number of hydrogen-bond donors (Lipinski definition) is 1. The summed E-state index contributed by atoms with van der Waals surface area (Å²) in [7, 11) is 0. The smallest absolute Gasteiger partial charge is 0.222 e. The largest absolute Gasteiger partial charge is 0.351 e. The van der Waals surface area contributed by atoms with E-state index >= 15 is 0 Å². The highest BCUT2D eigenvalue weighted by Crippen LogP contribution is 2.41. The van der Waals surface area contributed by atoms with Gasteiger partial charge in [-0.3, -0.25) is 0 Å². The highest BCUT2D eigenvalue weighted by atomic mass is 15.2. The number of anilines is 1. The molecule has 2 saturated heterocycles. The van der Waals surface area contributed by atoms with Crippen LogP contribution >= 0.6 is 0 Å². The number of rotatable bonds is 3. The summed E-state index contributed by atoms with van der Waals surface area (Å²) >= 11 is 0. The van der Waals surface area contributed by atoms with Crippen LogP contribution in [0.5, 0.6) is 0 Å². The summed E-state index contributed by atoms with van der Waals surface area (Å²) in [6.45, 7) is 5.89. The molecule has 2 unspecified atom stereocenters. The molecule has 1 saturated carbocycles. The van der Waals surface area contributed by atoms with Gasteiger partial charge in [-0.05, 0) is 30.9 Å². The minimum atomic E-state index is 0.602. The maximum atomic E-state index is 4.23. The molecule has 1 N–H and O–H groups in total. The van der Waals surface area contributed by atoms with Gasteiger partial charge in [0.15, 0.2) is 0 Å². The molecule has 3 aliphatic rings. The van der Waals surface area contributed by atoms with Crippen LogP contribution in [0.25, 0.3) is 0 Å². The minimum Gasteiger partial charge on any atom is -0.351 e. The lowest BCUT2D eigenvalue weighted by atomic mass is 9.66. The van der Waals surface area contributed by atoms with Gasteiger partial charge in [0.2, 0.25) is 5.95 Å². The summed E-state index contributed by atoms with van der Waals surface area (Å²) in [6, 6.07) is 2.45. The van der Waals surface area contributed by atoms with Gasteiger partial charge in [-0.15, -0.1) is 0 Å². The van der Waals surface area contributed by atoms with E-state index in [2.05, 4.69) is 27.1 Å². The molecule has 2 atom stereocenters. The van der Waals surface area contributed by atoms with E-state index < -0.39 is 0 Å². The number of hydrogen-bond acceptors (Lipinski definition) is 4. The Bertz CT molecular complexity index is 341. The van der Waals surface area contributed by atoms with E-state index in [1.807, 2.05) is 6.07 Å². The van der Waals surface area contributed by atoms with Gasteiger partial charge < -0.3 is 10.2 Å². The fourth-order valence-corrected chi connectivity index (χ4v) is 3.00. The van der Waals surface area contributed by atoms with E-state index in [9.17, 15) is 0 Å². The van der Waals surface area contributed by atoms with E-state index in [4.69, 9.17) is 0 Å². The molecule has 3 fully saturated rings. The zero-order chi connectivity index (χ0) is 11.0. The van der Waals surface area contributed by atoms with Crippen molar-refractivity contribution in [3.8, 4) is 0 Å². The maximum absolute atomic E-state index is 4.23. The third-order valence-electron chi connectivity index (χ3n) is 3.92. The van der Waals surface area contributed by atoms with Crippen LogP contribution < -0.4 is 5.32 Å². The van der Waals surface area contributed by atoms with Gasteiger partial charge in [-0.25, -0.2) is 9.97 Å².